The van der Waals surface area contributed by atoms with E-state index in [0.29, 0.717) is 30.1 Å². The SMILES string of the molecule is CCCc1cc(=O)oc2cc(OCC(=O)Nc3ccc(S(=O)(=O)N4CCCC4)cc3)ccc12. The lowest BCUT2D eigenvalue weighted by atomic mass is 10.1. The van der Waals surface area contributed by atoms with E-state index in [4.69, 9.17) is 9.15 Å². The van der Waals surface area contributed by atoms with Gasteiger partial charge in [-0.15, -0.1) is 0 Å². The predicted octanol–water partition coefficient (Wildman–Crippen LogP) is 3.55. The number of carbonyl (C=O) groups is 1. The minimum atomic E-state index is -3.49. The molecule has 0 radical (unpaired) electrons. The van der Waals surface area contributed by atoms with E-state index in [1.165, 1.54) is 22.5 Å². The number of nitrogens with one attached hydrogen (secondary N) is 1. The summed E-state index contributed by atoms with van der Waals surface area (Å²) in [6, 6.07) is 12.7. The summed E-state index contributed by atoms with van der Waals surface area (Å²) < 4.78 is 37.5. The van der Waals surface area contributed by atoms with Crippen LogP contribution in [0.1, 0.15) is 31.7 Å². The number of hydrogen-bond donors (Lipinski definition) is 1. The minimum Gasteiger partial charge on any atom is -0.484 e. The van der Waals surface area contributed by atoms with Gasteiger partial charge in [-0.2, -0.15) is 4.31 Å². The van der Waals surface area contributed by atoms with Crippen LogP contribution in [0.25, 0.3) is 11.0 Å². The van der Waals surface area contributed by atoms with Crippen molar-refractivity contribution in [3.05, 3.63) is 64.5 Å². The first-order valence-electron chi connectivity index (χ1n) is 11.0. The molecule has 8 nitrogen and oxygen atoms in total. The van der Waals surface area contributed by atoms with Crippen LogP contribution in [0, 0.1) is 0 Å². The van der Waals surface area contributed by atoms with Gasteiger partial charge in [-0.05, 0) is 61.2 Å². The highest BCUT2D eigenvalue weighted by Crippen LogP contribution is 2.24. The smallest absolute Gasteiger partial charge is 0.336 e. The molecule has 33 heavy (non-hydrogen) atoms. The molecule has 174 valence electrons. The van der Waals surface area contributed by atoms with Crippen molar-refractivity contribution in [3.8, 4) is 5.75 Å². The number of rotatable bonds is 8. The highest BCUT2D eigenvalue weighted by Gasteiger charge is 2.26. The van der Waals surface area contributed by atoms with Crippen molar-refractivity contribution in [3.63, 3.8) is 0 Å². The monoisotopic (exact) mass is 470 g/mol. The molecule has 2 heterocycles. The quantitative estimate of drug-likeness (QED) is 0.505. The molecule has 1 saturated heterocycles. The molecule has 9 heteroatoms. The zero-order valence-electron chi connectivity index (χ0n) is 18.4. The van der Waals surface area contributed by atoms with Gasteiger partial charge in [0.1, 0.15) is 11.3 Å². The van der Waals surface area contributed by atoms with Crippen LogP contribution in [-0.2, 0) is 21.2 Å². The summed E-state index contributed by atoms with van der Waals surface area (Å²) in [5.41, 5.74) is 1.38. The molecule has 1 aliphatic rings. The average Bonchev–Trinajstić information content (AvgIpc) is 3.34. The number of sulfonamides is 1. The predicted molar refractivity (Wildman–Crippen MR) is 125 cm³/mol. The number of amides is 1. The lowest BCUT2D eigenvalue weighted by Crippen LogP contribution is -2.27. The lowest BCUT2D eigenvalue weighted by molar-refractivity contribution is -0.118. The molecule has 1 aromatic heterocycles. The Morgan fingerprint density at radius 3 is 2.52 bits per heavy atom. The number of benzene rings is 2. The third-order valence-corrected chi connectivity index (χ3v) is 7.44. The maximum Gasteiger partial charge on any atom is 0.336 e. The molecule has 0 bridgehead atoms. The Balaban J connectivity index is 1.38. The number of fused-ring (bicyclic) bond motifs is 1. The van der Waals surface area contributed by atoms with E-state index < -0.39 is 21.6 Å². The van der Waals surface area contributed by atoms with E-state index in [1.807, 2.05) is 13.0 Å². The van der Waals surface area contributed by atoms with E-state index in [1.54, 1.807) is 24.3 Å². The van der Waals surface area contributed by atoms with Crippen LogP contribution in [-0.4, -0.2) is 38.3 Å². The molecule has 1 fully saturated rings. The molecule has 0 unspecified atom stereocenters. The third-order valence-electron chi connectivity index (χ3n) is 5.53. The topological polar surface area (TPSA) is 106 Å². The van der Waals surface area contributed by atoms with Crippen molar-refractivity contribution in [2.45, 2.75) is 37.5 Å². The van der Waals surface area contributed by atoms with E-state index >= 15 is 0 Å². The average molecular weight is 471 g/mol. The normalized spacial score (nSPS) is 14.5. The largest absolute Gasteiger partial charge is 0.484 e. The fraction of sp³-hybridized carbons (Fsp3) is 0.333. The van der Waals surface area contributed by atoms with Crippen LogP contribution in [0.5, 0.6) is 5.75 Å². The summed E-state index contributed by atoms with van der Waals surface area (Å²) in [7, 11) is -3.49. The van der Waals surface area contributed by atoms with Crippen LogP contribution in [0.4, 0.5) is 5.69 Å². The van der Waals surface area contributed by atoms with Gasteiger partial charge in [-0.3, -0.25) is 4.79 Å². The summed E-state index contributed by atoms with van der Waals surface area (Å²) in [6.45, 7) is 2.86. The Morgan fingerprint density at radius 1 is 1.09 bits per heavy atom. The van der Waals surface area contributed by atoms with Crippen molar-refractivity contribution in [2.24, 2.45) is 0 Å². The van der Waals surface area contributed by atoms with Crippen LogP contribution in [0.3, 0.4) is 0 Å². The van der Waals surface area contributed by atoms with Crippen molar-refractivity contribution in [1.82, 2.24) is 4.31 Å². The molecule has 4 rings (SSSR count). The Morgan fingerprint density at radius 2 is 1.82 bits per heavy atom. The number of hydrogen-bond acceptors (Lipinski definition) is 6. The summed E-state index contributed by atoms with van der Waals surface area (Å²) in [6.07, 6.45) is 3.41. The van der Waals surface area contributed by atoms with Crippen LogP contribution in [0.2, 0.25) is 0 Å². The molecule has 1 N–H and O–H groups in total. The first-order valence-corrected chi connectivity index (χ1v) is 12.4. The van der Waals surface area contributed by atoms with Crippen molar-refractivity contribution in [1.29, 1.82) is 0 Å². The zero-order chi connectivity index (χ0) is 23.4. The summed E-state index contributed by atoms with van der Waals surface area (Å²) >= 11 is 0. The Bertz CT molecular complexity index is 1310. The molecular formula is C24H26N2O6S. The maximum atomic E-state index is 12.6. The van der Waals surface area contributed by atoms with Crippen LogP contribution in [0.15, 0.2) is 62.6 Å². The molecular weight excluding hydrogens is 444 g/mol. The summed E-state index contributed by atoms with van der Waals surface area (Å²) in [4.78, 5) is 24.3. The fourth-order valence-corrected chi connectivity index (χ4v) is 5.43. The zero-order valence-corrected chi connectivity index (χ0v) is 19.2. The Labute approximate surface area is 192 Å². The number of aryl methyl sites for hydroxylation is 1. The first kappa shape index (κ1) is 23.0. The number of carbonyl (C=O) groups excluding carboxylic acids is 1. The molecule has 0 aliphatic carbocycles. The molecule has 1 aliphatic heterocycles. The highest BCUT2D eigenvalue weighted by atomic mass is 32.2. The molecule has 2 aromatic carbocycles. The van der Waals surface area contributed by atoms with Gasteiger partial charge in [-0.1, -0.05) is 13.3 Å². The standard InChI is InChI=1S/C24H26N2O6S/c1-2-5-17-14-24(28)32-22-15-19(8-11-21(17)22)31-16-23(27)25-18-6-9-20(10-7-18)33(29,30)26-12-3-4-13-26/h6-11,14-15H,2-5,12-13,16H2,1H3,(H,25,27). The number of nitrogens with zero attached hydrogens (tertiary/aromatic N) is 1. The second kappa shape index (κ2) is 9.76. The fourth-order valence-electron chi connectivity index (χ4n) is 3.91. The Hall–Kier alpha value is -3.17. The second-order valence-electron chi connectivity index (χ2n) is 7.97. The van der Waals surface area contributed by atoms with E-state index in [-0.39, 0.29) is 11.5 Å². The highest BCUT2D eigenvalue weighted by molar-refractivity contribution is 7.89. The summed E-state index contributed by atoms with van der Waals surface area (Å²) in [5.74, 6) is 0.00735. The Kier molecular flexibility index (Phi) is 6.80. The van der Waals surface area contributed by atoms with Gasteiger partial charge in [0, 0.05) is 36.3 Å². The molecule has 0 spiro atoms. The van der Waals surface area contributed by atoms with Crippen molar-refractivity contribution >= 4 is 32.6 Å². The van der Waals surface area contributed by atoms with Gasteiger partial charge in [0.15, 0.2) is 6.61 Å². The first-order chi connectivity index (χ1) is 15.9. The van der Waals surface area contributed by atoms with Crippen molar-refractivity contribution in [2.75, 3.05) is 25.0 Å². The van der Waals surface area contributed by atoms with E-state index in [9.17, 15) is 18.0 Å². The maximum absolute atomic E-state index is 12.6. The minimum absolute atomic E-state index is 0.207. The molecule has 0 saturated carbocycles. The summed E-state index contributed by atoms with van der Waals surface area (Å²) in [5, 5.41) is 3.53. The van der Waals surface area contributed by atoms with Crippen molar-refractivity contribution < 1.29 is 22.4 Å². The van der Waals surface area contributed by atoms with Gasteiger partial charge in [0.05, 0.1) is 4.90 Å². The van der Waals surface area contributed by atoms with Gasteiger partial charge in [0.2, 0.25) is 10.0 Å². The van der Waals surface area contributed by atoms with Gasteiger partial charge in [0.25, 0.3) is 5.91 Å². The number of anilines is 1. The van der Waals surface area contributed by atoms with E-state index in [0.717, 1.165) is 36.6 Å². The van der Waals surface area contributed by atoms with Crippen LogP contribution < -0.4 is 15.7 Å². The van der Waals surface area contributed by atoms with Crippen LogP contribution >= 0.6 is 0 Å². The molecule has 0 atom stereocenters. The second-order valence-corrected chi connectivity index (χ2v) is 9.91. The third kappa shape index (κ3) is 5.26. The van der Waals surface area contributed by atoms with Gasteiger partial charge in [-0.25, -0.2) is 13.2 Å². The van der Waals surface area contributed by atoms with Gasteiger partial charge >= 0.3 is 5.63 Å². The van der Waals surface area contributed by atoms with Gasteiger partial charge < -0.3 is 14.5 Å². The lowest BCUT2D eigenvalue weighted by Gasteiger charge is -2.15. The molecule has 1 amide bonds. The molecule has 3 aromatic rings. The number of ether oxygens (including phenoxy) is 1. The van der Waals surface area contributed by atoms with E-state index in [2.05, 4.69) is 5.32 Å².